The van der Waals surface area contributed by atoms with Crippen molar-refractivity contribution < 1.29 is 9.59 Å². The zero-order chi connectivity index (χ0) is 23.1. The molecule has 1 aromatic heterocycles. The third-order valence-corrected chi connectivity index (χ3v) is 6.54. The predicted molar refractivity (Wildman–Crippen MR) is 128 cm³/mol. The number of nitrogens with one attached hydrogen (secondary N) is 1. The van der Waals surface area contributed by atoms with E-state index in [0.717, 1.165) is 64.5 Å². The zero-order valence-corrected chi connectivity index (χ0v) is 20.3. The van der Waals surface area contributed by atoms with Gasteiger partial charge in [0.25, 0.3) is 0 Å². The number of piperazine rings is 1. The van der Waals surface area contributed by atoms with E-state index in [-0.39, 0.29) is 23.7 Å². The number of amides is 2. The summed E-state index contributed by atoms with van der Waals surface area (Å²) in [6, 6.07) is 5.64. The number of likely N-dealkylation sites (tertiary alicyclic amines) is 1. The molecule has 2 atom stereocenters. The van der Waals surface area contributed by atoms with Gasteiger partial charge in [-0.25, -0.2) is 4.98 Å². The fourth-order valence-corrected chi connectivity index (χ4v) is 4.79. The van der Waals surface area contributed by atoms with Crippen molar-refractivity contribution >= 4 is 17.6 Å². The summed E-state index contributed by atoms with van der Waals surface area (Å²) >= 11 is 0. The van der Waals surface area contributed by atoms with E-state index < -0.39 is 6.04 Å². The molecule has 2 saturated heterocycles. The molecule has 0 radical (unpaired) electrons. The Hall–Kier alpha value is -2.15. The molecule has 2 fully saturated rings. The van der Waals surface area contributed by atoms with Crippen LogP contribution in [0.2, 0.25) is 0 Å². The zero-order valence-electron chi connectivity index (χ0n) is 20.3. The molecule has 178 valence electrons. The van der Waals surface area contributed by atoms with Crippen molar-refractivity contribution in [1.29, 1.82) is 0 Å². The van der Waals surface area contributed by atoms with E-state index in [1.54, 1.807) is 0 Å². The first kappa shape index (κ1) is 24.5. The van der Waals surface area contributed by atoms with Gasteiger partial charge < -0.3 is 15.1 Å². The smallest absolute Gasteiger partial charge is 0.245 e. The predicted octanol–water partition coefficient (Wildman–Crippen LogP) is 2.63. The van der Waals surface area contributed by atoms with Gasteiger partial charge >= 0.3 is 0 Å². The van der Waals surface area contributed by atoms with Crippen LogP contribution in [0.1, 0.15) is 47.0 Å². The summed E-state index contributed by atoms with van der Waals surface area (Å²) in [5.74, 6) is 1.98. The summed E-state index contributed by atoms with van der Waals surface area (Å²) in [6.07, 6.45) is 4.51. The molecule has 7 nitrogen and oxygen atoms in total. The maximum absolute atomic E-state index is 13.3. The fourth-order valence-electron chi connectivity index (χ4n) is 4.79. The lowest BCUT2D eigenvalue weighted by molar-refractivity contribution is -0.139. The van der Waals surface area contributed by atoms with Gasteiger partial charge in [0, 0.05) is 58.4 Å². The van der Waals surface area contributed by atoms with Gasteiger partial charge in [-0.3, -0.25) is 14.5 Å². The highest BCUT2D eigenvalue weighted by Crippen LogP contribution is 2.21. The van der Waals surface area contributed by atoms with Crippen LogP contribution in [0, 0.1) is 17.8 Å². The van der Waals surface area contributed by atoms with Crippen LogP contribution in [0.25, 0.3) is 0 Å². The molecule has 7 heteroatoms. The molecule has 1 aromatic rings. The molecule has 3 heterocycles. The second-order valence-electron chi connectivity index (χ2n) is 10.2. The van der Waals surface area contributed by atoms with Crippen molar-refractivity contribution in [3.8, 4) is 0 Å². The lowest BCUT2D eigenvalue weighted by Crippen LogP contribution is -2.55. The SMILES string of the molecule is CC(C)CC(=O)N[C@@H](C(=O)N1CCC[C@H](CN2CCN(c3ccccn3)CC2)C1)C(C)C. The van der Waals surface area contributed by atoms with Gasteiger partial charge in [0.1, 0.15) is 11.9 Å². The van der Waals surface area contributed by atoms with Gasteiger partial charge in [-0.05, 0) is 42.7 Å². The van der Waals surface area contributed by atoms with E-state index in [4.69, 9.17) is 0 Å². The van der Waals surface area contributed by atoms with E-state index in [1.165, 1.54) is 0 Å². The average molecular weight is 444 g/mol. The second kappa shape index (κ2) is 11.6. The van der Waals surface area contributed by atoms with Crippen LogP contribution in [0.3, 0.4) is 0 Å². The number of piperidine rings is 1. The average Bonchev–Trinajstić information content (AvgIpc) is 2.78. The van der Waals surface area contributed by atoms with Gasteiger partial charge in [-0.15, -0.1) is 0 Å². The number of hydrogen-bond donors (Lipinski definition) is 1. The Balaban J connectivity index is 1.50. The summed E-state index contributed by atoms with van der Waals surface area (Å²) in [7, 11) is 0. The molecule has 0 bridgehead atoms. The molecule has 2 aliphatic heterocycles. The summed E-state index contributed by atoms with van der Waals surface area (Å²) in [4.78, 5) is 36.9. The maximum atomic E-state index is 13.3. The quantitative estimate of drug-likeness (QED) is 0.669. The molecule has 3 rings (SSSR count). The van der Waals surface area contributed by atoms with E-state index in [9.17, 15) is 9.59 Å². The Morgan fingerprint density at radius 2 is 1.84 bits per heavy atom. The first-order chi connectivity index (χ1) is 15.3. The Labute approximate surface area is 193 Å². The van der Waals surface area contributed by atoms with Gasteiger partial charge in [-0.2, -0.15) is 0 Å². The van der Waals surface area contributed by atoms with Crippen LogP contribution in [0.5, 0.6) is 0 Å². The van der Waals surface area contributed by atoms with E-state index in [0.29, 0.717) is 12.3 Å². The Morgan fingerprint density at radius 1 is 1.09 bits per heavy atom. The van der Waals surface area contributed by atoms with Crippen LogP contribution >= 0.6 is 0 Å². The normalized spacial score (nSPS) is 21.1. The van der Waals surface area contributed by atoms with Gasteiger partial charge in [0.05, 0.1) is 0 Å². The van der Waals surface area contributed by atoms with E-state index in [2.05, 4.69) is 26.2 Å². The van der Waals surface area contributed by atoms with Crippen molar-refractivity contribution in [1.82, 2.24) is 20.1 Å². The number of pyridine rings is 1. The topological polar surface area (TPSA) is 68.8 Å². The summed E-state index contributed by atoms with van der Waals surface area (Å²) in [6.45, 7) is 14.7. The lowest BCUT2D eigenvalue weighted by Gasteiger charge is -2.40. The van der Waals surface area contributed by atoms with E-state index in [1.807, 2.05) is 50.9 Å². The first-order valence-corrected chi connectivity index (χ1v) is 12.3. The van der Waals surface area contributed by atoms with Gasteiger partial charge in [-0.1, -0.05) is 33.8 Å². The van der Waals surface area contributed by atoms with Crippen molar-refractivity contribution in [3.05, 3.63) is 24.4 Å². The number of carbonyl (C=O) groups excluding carboxylic acids is 2. The minimum Gasteiger partial charge on any atom is -0.354 e. The highest BCUT2D eigenvalue weighted by atomic mass is 16.2. The van der Waals surface area contributed by atoms with Crippen molar-refractivity contribution in [2.45, 2.75) is 53.0 Å². The molecule has 0 saturated carbocycles. The van der Waals surface area contributed by atoms with Crippen LogP contribution in [-0.2, 0) is 9.59 Å². The second-order valence-corrected chi connectivity index (χ2v) is 10.2. The summed E-state index contributed by atoms with van der Waals surface area (Å²) in [5, 5.41) is 3.01. The van der Waals surface area contributed by atoms with Crippen molar-refractivity contribution in [2.75, 3.05) is 50.7 Å². The minimum atomic E-state index is -0.429. The number of nitrogens with zero attached hydrogens (tertiary/aromatic N) is 4. The van der Waals surface area contributed by atoms with Crippen molar-refractivity contribution in [2.24, 2.45) is 17.8 Å². The molecule has 1 N–H and O–H groups in total. The third-order valence-electron chi connectivity index (χ3n) is 6.54. The largest absolute Gasteiger partial charge is 0.354 e. The van der Waals surface area contributed by atoms with Crippen molar-refractivity contribution in [3.63, 3.8) is 0 Å². The van der Waals surface area contributed by atoms with Gasteiger partial charge in [0.15, 0.2) is 0 Å². The monoisotopic (exact) mass is 443 g/mol. The maximum Gasteiger partial charge on any atom is 0.245 e. The number of hydrogen-bond acceptors (Lipinski definition) is 5. The molecule has 0 spiro atoms. The standard InChI is InChI=1S/C25H41N5O2/c1-19(2)16-23(31)27-24(20(3)4)25(32)30-11-7-8-21(18-30)17-28-12-14-29(15-13-28)22-9-5-6-10-26-22/h5-6,9-10,19-21,24H,7-8,11-18H2,1-4H3,(H,27,31)/t21-,24-/m1/s1. The molecular weight excluding hydrogens is 402 g/mol. The number of aromatic nitrogens is 1. The Kier molecular flexibility index (Phi) is 8.91. The van der Waals surface area contributed by atoms with Gasteiger partial charge in [0.2, 0.25) is 11.8 Å². The molecule has 0 aliphatic carbocycles. The fraction of sp³-hybridized carbons (Fsp3) is 0.720. The first-order valence-electron chi connectivity index (χ1n) is 12.3. The molecule has 2 amide bonds. The Bertz CT molecular complexity index is 731. The number of anilines is 1. The highest BCUT2D eigenvalue weighted by molar-refractivity contribution is 5.88. The number of carbonyl (C=O) groups is 2. The molecular formula is C25H41N5O2. The minimum absolute atomic E-state index is 0.0219. The summed E-state index contributed by atoms with van der Waals surface area (Å²) in [5.41, 5.74) is 0. The highest BCUT2D eigenvalue weighted by Gasteiger charge is 2.32. The lowest BCUT2D eigenvalue weighted by atomic mass is 9.94. The van der Waals surface area contributed by atoms with Crippen LogP contribution in [0.4, 0.5) is 5.82 Å². The third kappa shape index (κ3) is 6.92. The van der Waals surface area contributed by atoms with E-state index >= 15 is 0 Å². The van der Waals surface area contributed by atoms with Crippen LogP contribution in [0.15, 0.2) is 24.4 Å². The van der Waals surface area contributed by atoms with Crippen LogP contribution in [-0.4, -0.2) is 78.5 Å². The number of rotatable bonds is 8. The molecule has 0 aromatic carbocycles. The summed E-state index contributed by atoms with van der Waals surface area (Å²) < 4.78 is 0. The molecule has 0 unspecified atom stereocenters. The molecule has 32 heavy (non-hydrogen) atoms. The van der Waals surface area contributed by atoms with Crippen LogP contribution < -0.4 is 10.2 Å². The Morgan fingerprint density at radius 3 is 2.47 bits per heavy atom. The molecule has 2 aliphatic rings.